The number of aliphatic carboxylic acids is 1. The molecule has 0 aromatic heterocycles. The Kier molecular flexibility index (Phi) is 4.26. The Balaban J connectivity index is 3.60. The topological polar surface area (TPSA) is 60.4 Å². The van der Waals surface area contributed by atoms with Gasteiger partial charge in [0.05, 0.1) is 0 Å². The van der Waals surface area contributed by atoms with E-state index in [0.717, 1.165) is 0 Å². The van der Waals surface area contributed by atoms with Gasteiger partial charge in [0.2, 0.25) is 5.91 Å². The Hall–Kier alpha value is -1.06. The van der Waals surface area contributed by atoms with Crippen molar-refractivity contribution in [1.82, 2.24) is 4.90 Å². The second kappa shape index (κ2) is 4.71. The number of hydrogen-bond donors (Lipinski definition) is 0. The lowest BCUT2D eigenvalue weighted by Gasteiger charge is -2.15. The third-order valence-electron chi connectivity index (χ3n) is 1.38. The van der Waals surface area contributed by atoms with E-state index in [0.29, 0.717) is 6.42 Å². The van der Waals surface area contributed by atoms with Crippen LogP contribution in [0.2, 0.25) is 0 Å². The maximum Gasteiger partial charge on any atom is 0.222 e. The minimum absolute atomic E-state index is 0.0498. The molecule has 0 aliphatic heterocycles. The van der Waals surface area contributed by atoms with E-state index in [-0.39, 0.29) is 18.9 Å². The number of nitrogens with zero attached hydrogens (tertiary/aromatic N) is 1. The summed E-state index contributed by atoms with van der Waals surface area (Å²) in [4.78, 5) is 22.2. The predicted octanol–water partition coefficient (Wildman–Crippen LogP) is -1.01. The molecule has 0 aliphatic carbocycles. The minimum Gasteiger partial charge on any atom is -0.550 e. The van der Waals surface area contributed by atoms with Gasteiger partial charge < -0.3 is 14.8 Å². The fraction of sp³-hybridized carbons (Fsp3) is 0.714. The van der Waals surface area contributed by atoms with Crippen molar-refractivity contribution < 1.29 is 14.7 Å². The average molecular weight is 158 g/mol. The van der Waals surface area contributed by atoms with Crippen molar-refractivity contribution in [3.05, 3.63) is 0 Å². The molecule has 64 valence electrons. The molecule has 0 heterocycles. The van der Waals surface area contributed by atoms with Crippen LogP contribution >= 0.6 is 0 Å². The van der Waals surface area contributed by atoms with Crippen LogP contribution in [-0.4, -0.2) is 30.4 Å². The van der Waals surface area contributed by atoms with Gasteiger partial charge in [-0.15, -0.1) is 0 Å². The predicted molar refractivity (Wildman–Crippen MR) is 37.6 cm³/mol. The van der Waals surface area contributed by atoms with Gasteiger partial charge in [-0.2, -0.15) is 0 Å². The molecule has 0 N–H and O–H groups in total. The van der Waals surface area contributed by atoms with E-state index in [1.54, 1.807) is 14.0 Å². The first-order valence-corrected chi connectivity index (χ1v) is 3.51. The molecule has 1 amide bonds. The molecule has 0 aliphatic rings. The van der Waals surface area contributed by atoms with Crippen molar-refractivity contribution in [2.75, 3.05) is 13.6 Å². The molecule has 0 aromatic carbocycles. The number of carboxylic acids is 1. The van der Waals surface area contributed by atoms with Gasteiger partial charge in [0, 0.05) is 32.4 Å². The highest BCUT2D eigenvalue weighted by Gasteiger charge is 2.03. The molecule has 0 saturated carbocycles. The molecule has 0 fully saturated rings. The zero-order chi connectivity index (χ0) is 8.85. The largest absolute Gasteiger partial charge is 0.550 e. The standard InChI is InChI=1S/C7H13NO3/c1-3-6(9)8(2)5-4-7(10)11/h3-5H2,1-2H3,(H,10,11)/p-1. The molecule has 0 unspecified atom stereocenters. The SMILES string of the molecule is CCC(=O)N(C)CCC(=O)[O-]. The molecule has 0 rings (SSSR count). The summed E-state index contributed by atoms with van der Waals surface area (Å²) >= 11 is 0. The van der Waals surface area contributed by atoms with Crippen LogP contribution < -0.4 is 5.11 Å². The molecular weight excluding hydrogens is 146 g/mol. The Labute approximate surface area is 65.8 Å². The van der Waals surface area contributed by atoms with E-state index >= 15 is 0 Å². The van der Waals surface area contributed by atoms with E-state index in [4.69, 9.17) is 0 Å². The van der Waals surface area contributed by atoms with E-state index in [2.05, 4.69) is 0 Å². The van der Waals surface area contributed by atoms with Gasteiger partial charge in [-0.25, -0.2) is 0 Å². The summed E-state index contributed by atoms with van der Waals surface area (Å²) < 4.78 is 0. The fourth-order valence-corrected chi connectivity index (χ4v) is 0.654. The summed E-state index contributed by atoms with van der Waals surface area (Å²) in [5.74, 6) is -1.17. The van der Waals surface area contributed by atoms with E-state index in [1.165, 1.54) is 4.90 Å². The van der Waals surface area contributed by atoms with Gasteiger partial charge in [0.1, 0.15) is 0 Å². The van der Waals surface area contributed by atoms with Crippen LogP contribution in [0.1, 0.15) is 19.8 Å². The highest BCUT2D eigenvalue weighted by molar-refractivity contribution is 5.76. The lowest BCUT2D eigenvalue weighted by molar-refractivity contribution is -0.305. The number of amides is 1. The van der Waals surface area contributed by atoms with E-state index in [1.807, 2.05) is 0 Å². The van der Waals surface area contributed by atoms with Gasteiger partial charge in [-0.1, -0.05) is 6.92 Å². The molecule has 0 saturated heterocycles. The summed E-state index contributed by atoms with van der Waals surface area (Å²) in [5.41, 5.74) is 0. The first-order valence-electron chi connectivity index (χ1n) is 3.51. The monoisotopic (exact) mass is 158 g/mol. The number of carbonyl (C=O) groups excluding carboxylic acids is 2. The second-order valence-electron chi connectivity index (χ2n) is 2.29. The zero-order valence-corrected chi connectivity index (χ0v) is 6.79. The normalized spacial score (nSPS) is 9.27. The van der Waals surface area contributed by atoms with Gasteiger partial charge >= 0.3 is 0 Å². The quantitative estimate of drug-likeness (QED) is 0.527. The molecule has 0 spiro atoms. The Bertz CT molecular complexity index is 156. The van der Waals surface area contributed by atoms with Crippen LogP contribution in [-0.2, 0) is 9.59 Å². The van der Waals surface area contributed by atoms with Crippen LogP contribution in [0.3, 0.4) is 0 Å². The number of rotatable bonds is 4. The number of carboxylic acid groups (broad SMARTS) is 1. The summed E-state index contributed by atoms with van der Waals surface area (Å²) in [6.07, 6.45) is 0.311. The fourth-order valence-electron chi connectivity index (χ4n) is 0.654. The van der Waals surface area contributed by atoms with Crippen molar-refractivity contribution >= 4 is 11.9 Å². The summed E-state index contributed by atoms with van der Waals surface area (Å²) in [5, 5.41) is 9.97. The molecule has 4 heteroatoms. The molecule has 0 bridgehead atoms. The third-order valence-corrected chi connectivity index (χ3v) is 1.38. The Morgan fingerprint density at radius 3 is 2.36 bits per heavy atom. The van der Waals surface area contributed by atoms with Gasteiger partial charge in [0.25, 0.3) is 0 Å². The van der Waals surface area contributed by atoms with Crippen molar-refractivity contribution in [2.24, 2.45) is 0 Å². The summed E-state index contributed by atoms with van der Waals surface area (Å²) in [6, 6.07) is 0. The van der Waals surface area contributed by atoms with Crippen molar-refractivity contribution in [3.8, 4) is 0 Å². The highest BCUT2D eigenvalue weighted by atomic mass is 16.4. The minimum atomic E-state index is -1.12. The van der Waals surface area contributed by atoms with E-state index in [9.17, 15) is 14.7 Å². The van der Waals surface area contributed by atoms with Crippen molar-refractivity contribution in [1.29, 1.82) is 0 Å². The average Bonchev–Trinajstić information content (AvgIpc) is 1.98. The summed E-state index contributed by atoms with van der Waals surface area (Å²) in [7, 11) is 1.58. The third kappa shape index (κ3) is 4.36. The van der Waals surface area contributed by atoms with Crippen molar-refractivity contribution in [2.45, 2.75) is 19.8 Å². The van der Waals surface area contributed by atoms with E-state index < -0.39 is 5.97 Å². The number of carbonyl (C=O) groups is 2. The molecule has 0 atom stereocenters. The van der Waals surface area contributed by atoms with Crippen LogP contribution in [0.5, 0.6) is 0 Å². The number of hydrogen-bond acceptors (Lipinski definition) is 3. The molecule has 0 aromatic rings. The molecule has 0 radical (unpaired) electrons. The zero-order valence-electron chi connectivity index (χ0n) is 6.79. The van der Waals surface area contributed by atoms with Gasteiger partial charge in [-0.05, 0) is 0 Å². The Morgan fingerprint density at radius 2 is 2.00 bits per heavy atom. The van der Waals surface area contributed by atoms with Crippen LogP contribution in [0.15, 0.2) is 0 Å². The first kappa shape index (κ1) is 9.94. The molecular formula is C7H12NO3-. The lowest BCUT2D eigenvalue weighted by Crippen LogP contribution is -2.32. The van der Waals surface area contributed by atoms with Gasteiger partial charge in [0.15, 0.2) is 0 Å². The van der Waals surface area contributed by atoms with Crippen LogP contribution in [0.4, 0.5) is 0 Å². The Morgan fingerprint density at radius 1 is 1.45 bits per heavy atom. The molecule has 4 nitrogen and oxygen atoms in total. The smallest absolute Gasteiger partial charge is 0.222 e. The summed E-state index contributed by atoms with van der Waals surface area (Å²) in [6.45, 7) is 1.97. The van der Waals surface area contributed by atoms with Crippen molar-refractivity contribution in [3.63, 3.8) is 0 Å². The lowest BCUT2D eigenvalue weighted by atomic mass is 10.3. The van der Waals surface area contributed by atoms with Gasteiger partial charge in [-0.3, -0.25) is 4.79 Å². The first-order chi connectivity index (χ1) is 5.07. The maximum atomic E-state index is 10.8. The highest BCUT2D eigenvalue weighted by Crippen LogP contribution is 1.90. The van der Waals surface area contributed by atoms with Crippen LogP contribution in [0, 0.1) is 0 Å². The second-order valence-corrected chi connectivity index (χ2v) is 2.29. The maximum absolute atomic E-state index is 10.8. The van der Waals surface area contributed by atoms with Crippen LogP contribution in [0.25, 0.3) is 0 Å². The molecule has 11 heavy (non-hydrogen) atoms.